The molecule has 0 spiro atoms. The second-order valence-corrected chi connectivity index (χ2v) is 26.7. The first kappa shape index (κ1) is 39.2. The summed E-state index contributed by atoms with van der Waals surface area (Å²) < 4.78 is 47.8. The number of carbonyl (C=O) groups excluding carboxylic acids is 1. The first-order valence-electron chi connectivity index (χ1n) is 16.9. The van der Waals surface area contributed by atoms with Crippen LogP contribution in [0.2, 0.25) is 36.3 Å². The number of imidazole rings is 1. The summed E-state index contributed by atoms with van der Waals surface area (Å²) in [5.41, 5.74) is 1.35. The fraction of sp³-hybridized carbons (Fsp3) is 0.588. The Morgan fingerprint density at radius 2 is 1.49 bits per heavy atom. The molecule has 1 aliphatic heterocycles. The highest BCUT2D eigenvalue weighted by Crippen LogP contribution is 2.51. The number of carbonyl (C=O) groups is 1. The number of rotatable bonds is 13. The van der Waals surface area contributed by atoms with Gasteiger partial charge in [-0.3, -0.25) is 13.9 Å². The van der Waals surface area contributed by atoms with Crippen molar-refractivity contribution in [1.82, 2.24) is 19.5 Å². The minimum absolute atomic E-state index is 0.117. The molecule has 0 unspecified atom stereocenters. The zero-order valence-electron chi connectivity index (χ0n) is 31.0. The van der Waals surface area contributed by atoms with Crippen LogP contribution in [0, 0.1) is 0 Å². The molecule has 1 aromatic carbocycles. The highest BCUT2D eigenvalue weighted by molar-refractivity contribution is 7.57. The quantitative estimate of drug-likeness (QED) is 0.135. The van der Waals surface area contributed by atoms with E-state index in [0.29, 0.717) is 16.7 Å². The van der Waals surface area contributed by atoms with E-state index in [4.69, 9.17) is 22.6 Å². The summed E-state index contributed by atoms with van der Waals surface area (Å²) >= 11 is 0. The number of hydrogen-bond acceptors (Lipinski definition) is 10. The smallest absolute Gasteiger partial charge is 0.353 e. The van der Waals surface area contributed by atoms with Gasteiger partial charge in [0.15, 0.2) is 39.8 Å². The molecule has 1 amide bonds. The number of aromatic nitrogens is 4. The molecule has 4 rings (SSSR count). The van der Waals surface area contributed by atoms with E-state index in [-0.39, 0.29) is 35.0 Å². The van der Waals surface area contributed by atoms with Gasteiger partial charge in [-0.2, -0.15) is 0 Å². The number of ether oxygens (including phenoxy) is 1. The number of fused-ring (bicyclic) bond motifs is 1. The molecular weight excluding hydrogens is 678 g/mol. The van der Waals surface area contributed by atoms with Crippen LogP contribution in [0.4, 0.5) is 5.82 Å². The largest absolute Gasteiger partial charge is 0.408 e. The lowest BCUT2D eigenvalue weighted by Crippen LogP contribution is -2.53. The van der Waals surface area contributed by atoms with Gasteiger partial charge in [-0.15, -0.1) is 0 Å². The van der Waals surface area contributed by atoms with Gasteiger partial charge in [0, 0.05) is 11.4 Å². The predicted octanol–water partition coefficient (Wildman–Crippen LogP) is 8.54. The van der Waals surface area contributed by atoms with E-state index in [1.807, 2.05) is 10.6 Å². The van der Waals surface area contributed by atoms with Gasteiger partial charge in [0.1, 0.15) is 24.6 Å². The Hall–Kier alpha value is -2.56. The van der Waals surface area contributed by atoms with Gasteiger partial charge in [0.25, 0.3) is 5.91 Å². The topological polar surface area (TPSA) is 136 Å². The van der Waals surface area contributed by atoms with Crippen LogP contribution in [-0.2, 0) is 27.2 Å². The van der Waals surface area contributed by atoms with E-state index in [1.54, 1.807) is 50.5 Å². The summed E-state index contributed by atoms with van der Waals surface area (Å²) in [6, 6.07) is 8.91. The first-order chi connectivity index (χ1) is 22.7. The first-order valence-corrected chi connectivity index (χ1v) is 24.3. The van der Waals surface area contributed by atoms with Crippen molar-refractivity contribution in [2.75, 3.05) is 18.5 Å². The maximum Gasteiger partial charge on any atom is 0.353 e. The van der Waals surface area contributed by atoms with Crippen molar-refractivity contribution in [3.8, 4) is 0 Å². The van der Waals surface area contributed by atoms with Gasteiger partial charge in [-0.25, -0.2) is 15.0 Å². The van der Waals surface area contributed by atoms with E-state index >= 15 is 0 Å². The molecule has 12 nitrogen and oxygen atoms in total. The normalized spacial score (nSPS) is 21.1. The van der Waals surface area contributed by atoms with Gasteiger partial charge in [-0.05, 0) is 68.3 Å². The Labute approximate surface area is 293 Å². The summed E-state index contributed by atoms with van der Waals surface area (Å²) in [5, 5.41) is 2.64. The molecule has 49 heavy (non-hydrogen) atoms. The van der Waals surface area contributed by atoms with Crippen molar-refractivity contribution in [3.05, 3.63) is 60.4 Å². The molecule has 15 heteroatoms. The van der Waals surface area contributed by atoms with Gasteiger partial charge in [0.2, 0.25) is 0 Å². The Kier molecular flexibility index (Phi) is 12.0. The Balaban J connectivity index is 1.85. The van der Waals surface area contributed by atoms with Gasteiger partial charge >= 0.3 is 7.60 Å². The number of anilines is 1. The fourth-order valence-electron chi connectivity index (χ4n) is 4.91. The lowest BCUT2D eigenvalue weighted by molar-refractivity contribution is -0.0192. The van der Waals surface area contributed by atoms with E-state index < -0.39 is 48.8 Å². The summed E-state index contributed by atoms with van der Waals surface area (Å²) in [5.74, 6) is 1.44. The predicted molar refractivity (Wildman–Crippen MR) is 198 cm³/mol. The Bertz CT molecular complexity index is 1660. The summed E-state index contributed by atoms with van der Waals surface area (Å²) in [4.78, 5) is 26.6. The van der Waals surface area contributed by atoms with Gasteiger partial charge < -0.3 is 28.0 Å². The minimum atomic E-state index is -3.55. The molecule has 1 N–H and O–H groups in total. The highest BCUT2D eigenvalue weighted by Gasteiger charge is 2.54. The van der Waals surface area contributed by atoms with Crippen LogP contribution in [0.25, 0.3) is 11.2 Å². The maximum absolute atomic E-state index is 13.6. The highest BCUT2D eigenvalue weighted by atomic mass is 31.2. The van der Waals surface area contributed by atoms with E-state index in [0.717, 1.165) is 0 Å². The van der Waals surface area contributed by atoms with E-state index in [1.165, 1.54) is 12.1 Å². The zero-order chi connectivity index (χ0) is 36.4. The third-order valence-corrected chi connectivity index (χ3v) is 20.4. The molecule has 270 valence electrons. The second-order valence-electron chi connectivity index (χ2n) is 15.3. The molecule has 0 saturated carbocycles. The number of benzene rings is 1. The van der Waals surface area contributed by atoms with Crippen LogP contribution in [-0.4, -0.2) is 73.6 Å². The molecule has 3 heterocycles. The van der Waals surface area contributed by atoms with Gasteiger partial charge in [-0.1, -0.05) is 59.7 Å². The average molecular weight is 732 g/mol. The molecule has 1 fully saturated rings. The third-order valence-electron chi connectivity index (χ3n) is 9.68. The monoisotopic (exact) mass is 731 g/mol. The van der Waals surface area contributed by atoms with E-state index in [2.05, 4.69) is 88.0 Å². The molecule has 1 saturated heterocycles. The summed E-state index contributed by atoms with van der Waals surface area (Å²) in [7, 11) is -8.40. The van der Waals surface area contributed by atoms with Crippen molar-refractivity contribution >= 4 is 47.1 Å². The van der Waals surface area contributed by atoms with Crippen LogP contribution in [0.15, 0.2) is 54.9 Å². The van der Waals surface area contributed by atoms with Crippen molar-refractivity contribution in [3.63, 3.8) is 0 Å². The second kappa shape index (κ2) is 15.0. The lowest BCUT2D eigenvalue weighted by atomic mass is 10.1. The molecule has 0 radical (unpaired) electrons. The van der Waals surface area contributed by atoms with Crippen LogP contribution in [0.3, 0.4) is 0 Å². The molecule has 0 aliphatic carbocycles. The van der Waals surface area contributed by atoms with Crippen molar-refractivity contribution in [1.29, 1.82) is 0 Å². The number of nitrogens with one attached hydrogen (secondary N) is 1. The Morgan fingerprint density at radius 3 is 2.04 bits per heavy atom. The standard InChI is InChI=1S/C34H54N5O7PSi2/c1-13-42-47(41,43-14-2)21-20-25-27(45-48(9,10)33(3,4)5)28(46-49(11,12)34(6,7)8)32(44-25)39-23-37-26-29(35-22-36-30(26)39)38-31(40)24-18-16-15-17-19-24/h15-23,25,27-28,32H,13-14H2,1-12H3,(H,35,36,38,40)/b21-20+/t25-,27-,28-,32-/m1/s1. The summed E-state index contributed by atoms with van der Waals surface area (Å²) in [6.07, 6.45) is 2.15. The number of nitrogens with zero attached hydrogens (tertiary/aromatic N) is 4. The number of amides is 1. The molecule has 2 aromatic heterocycles. The fourth-order valence-corrected chi connectivity index (χ4v) is 8.84. The van der Waals surface area contributed by atoms with E-state index in [9.17, 15) is 9.36 Å². The van der Waals surface area contributed by atoms with Crippen LogP contribution in [0.1, 0.15) is 72.0 Å². The molecule has 1 aliphatic rings. The molecule has 4 atom stereocenters. The van der Waals surface area contributed by atoms with Crippen molar-refractivity contribution in [2.24, 2.45) is 0 Å². The van der Waals surface area contributed by atoms with Crippen LogP contribution >= 0.6 is 7.60 Å². The Morgan fingerprint density at radius 1 is 0.918 bits per heavy atom. The van der Waals surface area contributed by atoms with Crippen molar-refractivity contribution < 1.29 is 32.0 Å². The number of hydrogen-bond donors (Lipinski definition) is 1. The zero-order valence-corrected chi connectivity index (χ0v) is 33.9. The third kappa shape index (κ3) is 8.85. The maximum atomic E-state index is 13.6. The average Bonchev–Trinajstić information content (AvgIpc) is 3.57. The molecule has 0 bridgehead atoms. The molecule has 3 aromatic rings. The molecular formula is C34H54N5O7PSi2. The van der Waals surface area contributed by atoms with Crippen LogP contribution in [0.5, 0.6) is 0 Å². The lowest BCUT2D eigenvalue weighted by Gasteiger charge is -2.44. The minimum Gasteiger partial charge on any atom is -0.408 e. The van der Waals surface area contributed by atoms with Crippen LogP contribution < -0.4 is 5.32 Å². The SMILES string of the molecule is CCOP(=O)(/C=C/[C@H]1O[C@@H](n2cnc3c(NC(=O)c4ccccc4)ncnc32)[C@H](O[Si](C)(C)C(C)(C)C)[C@@H]1O[Si](C)(C)C(C)(C)C)OCC. The van der Waals surface area contributed by atoms with Gasteiger partial charge in [0.05, 0.1) is 19.5 Å². The summed E-state index contributed by atoms with van der Waals surface area (Å²) in [6.45, 7) is 25.9. The van der Waals surface area contributed by atoms with Crippen molar-refractivity contribution in [2.45, 2.75) is 116 Å².